The van der Waals surface area contributed by atoms with Gasteiger partial charge in [-0.1, -0.05) is 22.0 Å². The zero-order chi connectivity index (χ0) is 28.4. The Labute approximate surface area is 239 Å². The van der Waals surface area contributed by atoms with Gasteiger partial charge in [0.25, 0.3) is 5.91 Å². The molecule has 5 N–H and O–H groups in total. The number of aliphatic carboxylic acids is 2. The van der Waals surface area contributed by atoms with Crippen LogP contribution in [0.2, 0.25) is 0 Å². The number of carboxylic acid groups (broad SMARTS) is 2. The van der Waals surface area contributed by atoms with Gasteiger partial charge in [0.05, 0.1) is 17.1 Å². The number of hydrogen-bond acceptors (Lipinski definition) is 7. The van der Waals surface area contributed by atoms with Crippen molar-refractivity contribution in [2.75, 3.05) is 13.1 Å². The molecule has 2 aromatic rings. The molecule has 5 aliphatic rings. The molecule has 11 heteroatoms. The molecule has 1 saturated heterocycles. The number of piperidine rings is 1. The Morgan fingerprint density at radius 2 is 1.73 bits per heavy atom. The van der Waals surface area contributed by atoms with Crippen molar-refractivity contribution in [2.45, 2.75) is 67.7 Å². The van der Waals surface area contributed by atoms with Crippen LogP contribution in [0.25, 0.3) is 0 Å². The predicted octanol–water partition coefficient (Wildman–Crippen LogP) is 2.67. The molecule has 40 heavy (non-hydrogen) atoms. The fraction of sp³-hybridized carbons (Fsp3) is 0.483. The number of aliphatic hydroxyl groups is 1. The number of ether oxygens (including phenoxy) is 1. The highest BCUT2D eigenvalue weighted by atomic mass is 79.9. The van der Waals surface area contributed by atoms with E-state index in [1.54, 1.807) is 18.2 Å². The summed E-state index contributed by atoms with van der Waals surface area (Å²) >= 11 is 3.42. The average Bonchev–Trinajstić information content (AvgIpc) is 3.66. The van der Waals surface area contributed by atoms with E-state index in [4.69, 9.17) is 24.5 Å². The molecular weight excluding hydrogens is 584 g/mol. The summed E-state index contributed by atoms with van der Waals surface area (Å²) in [5.41, 5.74) is 1.21. The maximum atomic E-state index is 13.1. The van der Waals surface area contributed by atoms with E-state index in [2.05, 4.69) is 26.1 Å². The van der Waals surface area contributed by atoms with Crippen molar-refractivity contribution in [3.63, 3.8) is 0 Å². The lowest BCUT2D eigenvalue weighted by Crippen LogP contribution is -2.78. The highest BCUT2D eigenvalue weighted by Gasteiger charge is 2.73. The lowest BCUT2D eigenvalue weighted by atomic mass is 9.48. The third-order valence-corrected chi connectivity index (χ3v) is 9.90. The monoisotopic (exact) mass is 614 g/mol. The molecule has 2 aliphatic heterocycles. The third kappa shape index (κ3) is 4.17. The number of nitrogens with one attached hydrogen (secondary N) is 1. The van der Waals surface area contributed by atoms with Crippen molar-refractivity contribution < 1.29 is 39.5 Å². The molecule has 1 unspecified atom stereocenters. The molecule has 0 radical (unpaired) electrons. The minimum absolute atomic E-state index is 0.0408. The number of amides is 1. The summed E-state index contributed by atoms with van der Waals surface area (Å²) in [5, 5.41) is 41.2. The normalized spacial score (nSPS) is 31.2. The number of rotatable bonds is 4. The van der Waals surface area contributed by atoms with E-state index in [-0.39, 0.29) is 23.7 Å². The molecule has 3 aliphatic carbocycles. The first-order valence-corrected chi connectivity index (χ1v) is 14.4. The Hall–Kier alpha value is -3.15. The summed E-state index contributed by atoms with van der Waals surface area (Å²) in [6.45, 7) is 1.96. The topological polar surface area (TPSA) is 157 Å². The molecule has 1 amide bonds. The fourth-order valence-electron chi connectivity index (χ4n) is 7.48. The first-order chi connectivity index (χ1) is 19.0. The molecule has 10 nitrogen and oxygen atoms in total. The van der Waals surface area contributed by atoms with Crippen molar-refractivity contribution in [3.05, 3.63) is 57.6 Å². The first kappa shape index (κ1) is 27.0. The Balaban J connectivity index is 0.000000438. The summed E-state index contributed by atoms with van der Waals surface area (Å²) in [4.78, 5) is 33.9. The standard InChI is InChI=1S/C27H29BrN2O4.C2H2O4/c28-18-6-3-16(4-7-18)25(32)29-19-9-10-27(33)21-13-17-5-8-20(31)23-22(17)26(27,24(19)34-23)11-12-30(21)14-15-1-2-15;3-1(4)2(5)6/h3-8,15,19,21,24,31,33H,1-2,9-14H2,(H,29,32);(H,3,4)(H,5,6)/t19-,21-,24+,26?,27-;/m1./s1. The highest BCUT2D eigenvalue weighted by Crippen LogP contribution is 2.65. The van der Waals surface area contributed by atoms with Crippen LogP contribution in [0.3, 0.4) is 0 Å². The Kier molecular flexibility index (Phi) is 6.59. The van der Waals surface area contributed by atoms with E-state index in [0.717, 1.165) is 41.9 Å². The predicted molar refractivity (Wildman–Crippen MR) is 145 cm³/mol. The van der Waals surface area contributed by atoms with E-state index in [1.165, 1.54) is 18.4 Å². The molecular formula is C29H31BrN2O8. The highest BCUT2D eigenvalue weighted by molar-refractivity contribution is 9.10. The van der Waals surface area contributed by atoms with Gasteiger partial charge in [0.1, 0.15) is 6.10 Å². The van der Waals surface area contributed by atoms with Gasteiger partial charge in [-0.2, -0.15) is 0 Å². The number of carbonyl (C=O) groups excluding carboxylic acids is 1. The Morgan fingerprint density at radius 3 is 2.38 bits per heavy atom. The van der Waals surface area contributed by atoms with Gasteiger partial charge in [-0.15, -0.1) is 0 Å². The van der Waals surface area contributed by atoms with Gasteiger partial charge in [-0.3, -0.25) is 9.69 Å². The maximum absolute atomic E-state index is 13.1. The quantitative estimate of drug-likeness (QED) is 0.327. The summed E-state index contributed by atoms with van der Waals surface area (Å²) in [6.07, 6.45) is 4.97. The van der Waals surface area contributed by atoms with E-state index in [9.17, 15) is 15.0 Å². The molecule has 2 bridgehead atoms. The molecule has 5 atom stereocenters. The molecule has 1 spiro atoms. The summed E-state index contributed by atoms with van der Waals surface area (Å²) in [7, 11) is 0. The molecule has 2 aromatic carbocycles. The van der Waals surface area contributed by atoms with E-state index < -0.39 is 29.1 Å². The van der Waals surface area contributed by atoms with Crippen molar-refractivity contribution >= 4 is 33.8 Å². The second-order valence-corrected chi connectivity index (χ2v) is 12.4. The van der Waals surface area contributed by atoms with Gasteiger partial charge in [-0.05, 0) is 86.9 Å². The van der Waals surface area contributed by atoms with Gasteiger partial charge < -0.3 is 30.5 Å². The second-order valence-electron chi connectivity index (χ2n) is 11.5. The van der Waals surface area contributed by atoms with Crippen molar-refractivity contribution in [1.82, 2.24) is 10.2 Å². The van der Waals surface area contributed by atoms with Crippen LogP contribution in [0.1, 0.15) is 53.6 Å². The van der Waals surface area contributed by atoms with Gasteiger partial charge in [0.2, 0.25) is 0 Å². The largest absolute Gasteiger partial charge is 0.504 e. The van der Waals surface area contributed by atoms with Crippen molar-refractivity contribution in [1.29, 1.82) is 0 Å². The third-order valence-electron chi connectivity index (χ3n) is 9.37. The zero-order valence-electron chi connectivity index (χ0n) is 21.7. The number of carbonyl (C=O) groups is 3. The van der Waals surface area contributed by atoms with E-state index in [1.807, 2.05) is 18.2 Å². The van der Waals surface area contributed by atoms with Crippen molar-refractivity contribution in [2.24, 2.45) is 5.92 Å². The SMILES string of the molecule is O=C(N[C@@H]1CC[C@@]2(O)[C@H]3Cc4ccc(O)c5c4C2(CCN3CC2CC2)[C@H]1O5)c1ccc(Br)cc1.O=C(O)C(=O)O. The number of nitrogens with zero attached hydrogens (tertiary/aromatic N) is 1. The molecule has 2 saturated carbocycles. The summed E-state index contributed by atoms with van der Waals surface area (Å²) in [5.74, 6) is -2.39. The Morgan fingerprint density at radius 1 is 1.02 bits per heavy atom. The molecule has 7 rings (SSSR count). The van der Waals surface area contributed by atoms with Crippen molar-refractivity contribution in [3.8, 4) is 11.5 Å². The van der Waals surface area contributed by atoms with Crippen LogP contribution in [0.4, 0.5) is 0 Å². The number of halogens is 1. The minimum atomic E-state index is -1.82. The average molecular weight is 615 g/mol. The molecule has 3 fully saturated rings. The number of carboxylic acids is 2. The fourth-order valence-corrected chi connectivity index (χ4v) is 7.75. The van der Waals surface area contributed by atoms with Crippen LogP contribution in [-0.4, -0.2) is 80.1 Å². The van der Waals surface area contributed by atoms with Crippen LogP contribution >= 0.6 is 15.9 Å². The van der Waals surface area contributed by atoms with Gasteiger partial charge >= 0.3 is 11.9 Å². The van der Waals surface area contributed by atoms with Gasteiger partial charge in [0, 0.05) is 28.2 Å². The van der Waals surface area contributed by atoms with Crippen LogP contribution in [-0.2, 0) is 21.4 Å². The number of benzene rings is 2. The van der Waals surface area contributed by atoms with E-state index in [0.29, 0.717) is 24.2 Å². The lowest BCUT2D eigenvalue weighted by molar-refractivity contribution is -0.191. The molecule has 0 aromatic heterocycles. The first-order valence-electron chi connectivity index (χ1n) is 13.6. The summed E-state index contributed by atoms with van der Waals surface area (Å²) < 4.78 is 7.45. The van der Waals surface area contributed by atoms with E-state index >= 15 is 0 Å². The molecule has 2 heterocycles. The van der Waals surface area contributed by atoms with Gasteiger partial charge in [-0.25, -0.2) is 9.59 Å². The number of phenols is 1. The van der Waals surface area contributed by atoms with Crippen LogP contribution in [0.15, 0.2) is 40.9 Å². The van der Waals surface area contributed by atoms with Crippen LogP contribution in [0, 0.1) is 5.92 Å². The van der Waals surface area contributed by atoms with Crippen LogP contribution < -0.4 is 10.1 Å². The maximum Gasteiger partial charge on any atom is 0.414 e. The number of aromatic hydroxyl groups is 1. The minimum Gasteiger partial charge on any atom is -0.504 e. The lowest BCUT2D eigenvalue weighted by Gasteiger charge is -2.64. The second kappa shape index (κ2) is 9.74. The van der Waals surface area contributed by atoms with Crippen LogP contribution in [0.5, 0.6) is 11.5 Å². The number of likely N-dealkylation sites (tertiary alicyclic amines) is 1. The van der Waals surface area contributed by atoms with Gasteiger partial charge in [0.15, 0.2) is 11.5 Å². The number of phenolic OH excluding ortho intramolecular Hbond substituents is 1. The smallest absolute Gasteiger partial charge is 0.414 e. The molecule has 212 valence electrons. The number of hydrogen-bond donors (Lipinski definition) is 5. The Bertz CT molecular complexity index is 1370. The zero-order valence-corrected chi connectivity index (χ0v) is 23.3. The summed E-state index contributed by atoms with van der Waals surface area (Å²) in [6, 6.07) is 10.9.